The highest BCUT2D eigenvalue weighted by atomic mass is 16.3. The van der Waals surface area contributed by atoms with Crippen molar-refractivity contribution in [1.29, 1.82) is 0 Å². The maximum absolute atomic E-state index is 8.56. The van der Waals surface area contributed by atoms with Gasteiger partial charge in [-0.2, -0.15) is 0 Å². The number of hydrogen-bond donors (Lipinski definition) is 2. The summed E-state index contributed by atoms with van der Waals surface area (Å²) in [4.78, 5) is 0. The van der Waals surface area contributed by atoms with Gasteiger partial charge in [0.1, 0.15) is 6.11 Å². The summed E-state index contributed by atoms with van der Waals surface area (Å²) < 4.78 is 0. The summed E-state index contributed by atoms with van der Waals surface area (Å²) >= 11 is 0. The molecule has 14 heavy (non-hydrogen) atoms. The van der Waals surface area contributed by atoms with E-state index < -0.39 is 0 Å². The molecule has 0 amide bonds. The fourth-order valence-electron chi connectivity index (χ4n) is 1.44. The van der Waals surface area contributed by atoms with E-state index in [2.05, 4.69) is 5.92 Å². The molecule has 0 aromatic rings. The molecule has 0 rings (SSSR count). The minimum atomic E-state index is 0.333. The Balaban J connectivity index is 2.87. The molecule has 0 heterocycles. The lowest BCUT2D eigenvalue weighted by Gasteiger charge is -1.99. The average molecular weight is 198 g/mol. The van der Waals surface area contributed by atoms with Gasteiger partial charge in [-0.1, -0.05) is 44.4 Å². The van der Waals surface area contributed by atoms with Crippen molar-refractivity contribution in [1.82, 2.24) is 0 Å². The van der Waals surface area contributed by atoms with E-state index in [4.69, 9.17) is 10.2 Å². The Morgan fingerprint density at radius 2 is 1.21 bits per heavy atom. The highest BCUT2D eigenvalue weighted by Gasteiger charge is 1.91. The topological polar surface area (TPSA) is 40.5 Å². The van der Waals surface area contributed by atoms with Crippen molar-refractivity contribution < 1.29 is 10.2 Å². The van der Waals surface area contributed by atoms with Crippen molar-refractivity contribution in [2.45, 2.75) is 57.8 Å². The van der Waals surface area contributed by atoms with E-state index in [0.29, 0.717) is 6.61 Å². The fraction of sp³-hybridized carbons (Fsp3) is 0.833. The minimum absolute atomic E-state index is 0.333. The van der Waals surface area contributed by atoms with Crippen LogP contribution in [0.4, 0.5) is 0 Å². The minimum Gasteiger partial charge on any atom is -0.462 e. The zero-order valence-electron chi connectivity index (χ0n) is 8.97. The Kier molecular flexibility index (Phi) is 11.7. The Morgan fingerprint density at radius 3 is 1.71 bits per heavy atom. The molecule has 0 spiro atoms. The molecule has 0 aliphatic carbocycles. The van der Waals surface area contributed by atoms with Gasteiger partial charge in [0.15, 0.2) is 0 Å². The molecule has 2 nitrogen and oxygen atoms in total. The largest absolute Gasteiger partial charge is 0.462 e. The zero-order chi connectivity index (χ0) is 10.5. The maximum atomic E-state index is 8.56. The van der Waals surface area contributed by atoms with Gasteiger partial charge < -0.3 is 10.2 Å². The van der Waals surface area contributed by atoms with Gasteiger partial charge in [-0.3, -0.25) is 0 Å². The van der Waals surface area contributed by atoms with Crippen LogP contribution in [0, 0.1) is 12.0 Å². The second-order valence-corrected chi connectivity index (χ2v) is 3.59. The molecular weight excluding hydrogens is 176 g/mol. The van der Waals surface area contributed by atoms with E-state index in [-0.39, 0.29) is 0 Å². The third-order valence-corrected chi connectivity index (χ3v) is 2.29. The Bertz CT molecular complexity index is 155. The smallest absolute Gasteiger partial charge is 0.107 e. The Hall–Kier alpha value is -0.680. The van der Waals surface area contributed by atoms with Crippen LogP contribution >= 0.6 is 0 Å². The first-order valence-electron chi connectivity index (χ1n) is 5.64. The van der Waals surface area contributed by atoms with Crippen molar-refractivity contribution in [3.05, 3.63) is 0 Å². The second-order valence-electron chi connectivity index (χ2n) is 3.59. The van der Waals surface area contributed by atoms with E-state index in [1.54, 1.807) is 0 Å². The van der Waals surface area contributed by atoms with E-state index >= 15 is 0 Å². The van der Waals surface area contributed by atoms with Crippen molar-refractivity contribution in [2.24, 2.45) is 0 Å². The SMILES string of the molecule is OC#CCCCCCCCCCCO. The fourth-order valence-corrected chi connectivity index (χ4v) is 1.44. The first-order chi connectivity index (χ1) is 6.91. The van der Waals surface area contributed by atoms with Gasteiger partial charge >= 0.3 is 0 Å². The summed E-state index contributed by atoms with van der Waals surface area (Å²) in [6, 6.07) is 0. The number of aliphatic hydroxyl groups excluding tert-OH is 2. The van der Waals surface area contributed by atoms with Crippen LogP contribution < -0.4 is 0 Å². The summed E-state index contributed by atoms with van der Waals surface area (Å²) in [5.74, 6) is 2.64. The lowest BCUT2D eigenvalue weighted by molar-refractivity contribution is 0.282. The van der Waals surface area contributed by atoms with Gasteiger partial charge in [-0.05, 0) is 12.8 Å². The highest BCUT2D eigenvalue weighted by Crippen LogP contribution is 2.08. The van der Waals surface area contributed by atoms with Crippen LogP contribution in [0.1, 0.15) is 57.8 Å². The van der Waals surface area contributed by atoms with Crippen LogP contribution in [-0.4, -0.2) is 16.8 Å². The van der Waals surface area contributed by atoms with Crippen molar-refractivity contribution >= 4 is 0 Å². The van der Waals surface area contributed by atoms with E-state index in [1.165, 1.54) is 32.1 Å². The number of unbranched alkanes of at least 4 members (excludes halogenated alkanes) is 8. The lowest BCUT2D eigenvalue weighted by atomic mass is 10.1. The van der Waals surface area contributed by atoms with Gasteiger partial charge in [0.05, 0.1) is 0 Å². The molecule has 0 radical (unpaired) electrons. The average Bonchev–Trinajstić information content (AvgIpc) is 2.21. The molecule has 2 heteroatoms. The molecular formula is C12H22O2. The molecule has 0 atom stereocenters. The van der Waals surface area contributed by atoms with E-state index in [9.17, 15) is 0 Å². The van der Waals surface area contributed by atoms with Crippen LogP contribution in [0.3, 0.4) is 0 Å². The number of rotatable bonds is 9. The van der Waals surface area contributed by atoms with Crippen LogP contribution in [-0.2, 0) is 0 Å². The molecule has 2 N–H and O–H groups in total. The molecule has 0 aliphatic rings. The summed E-state index contributed by atoms with van der Waals surface area (Å²) in [6.45, 7) is 0.333. The van der Waals surface area contributed by atoms with Gasteiger partial charge in [0, 0.05) is 13.0 Å². The molecule has 0 aliphatic heterocycles. The zero-order valence-corrected chi connectivity index (χ0v) is 8.97. The first-order valence-corrected chi connectivity index (χ1v) is 5.64. The Labute approximate surface area is 87.3 Å². The van der Waals surface area contributed by atoms with Crippen LogP contribution in [0.15, 0.2) is 0 Å². The molecule has 82 valence electrons. The normalized spacial score (nSPS) is 9.50. The van der Waals surface area contributed by atoms with Gasteiger partial charge in [-0.25, -0.2) is 0 Å². The molecule has 0 fully saturated rings. The monoisotopic (exact) mass is 198 g/mol. The van der Waals surface area contributed by atoms with Gasteiger partial charge in [0.2, 0.25) is 0 Å². The van der Waals surface area contributed by atoms with Crippen LogP contribution in [0.2, 0.25) is 0 Å². The third kappa shape index (κ3) is 11.3. The van der Waals surface area contributed by atoms with E-state index in [0.717, 1.165) is 25.7 Å². The number of hydrogen-bond acceptors (Lipinski definition) is 2. The molecule has 0 aromatic heterocycles. The Morgan fingerprint density at radius 1 is 0.714 bits per heavy atom. The molecule has 0 unspecified atom stereocenters. The van der Waals surface area contributed by atoms with Crippen molar-refractivity contribution in [3.63, 3.8) is 0 Å². The third-order valence-electron chi connectivity index (χ3n) is 2.29. The summed E-state index contributed by atoms with van der Waals surface area (Å²) in [5.41, 5.74) is 0. The van der Waals surface area contributed by atoms with Crippen LogP contribution in [0.5, 0.6) is 0 Å². The highest BCUT2D eigenvalue weighted by molar-refractivity contribution is 4.88. The predicted molar refractivity (Wildman–Crippen MR) is 58.4 cm³/mol. The summed E-state index contributed by atoms with van der Waals surface area (Å²) in [6.07, 6.45) is 12.3. The summed E-state index contributed by atoms with van der Waals surface area (Å²) in [5, 5.41) is 16.8. The maximum Gasteiger partial charge on any atom is 0.107 e. The lowest BCUT2D eigenvalue weighted by Crippen LogP contribution is -1.84. The molecule has 0 bridgehead atoms. The van der Waals surface area contributed by atoms with Crippen LogP contribution in [0.25, 0.3) is 0 Å². The second kappa shape index (κ2) is 12.3. The molecule has 0 saturated heterocycles. The van der Waals surface area contributed by atoms with Crippen molar-refractivity contribution in [3.8, 4) is 12.0 Å². The van der Waals surface area contributed by atoms with E-state index in [1.807, 2.05) is 6.11 Å². The number of aliphatic hydroxyl groups is 2. The molecule has 0 saturated carbocycles. The predicted octanol–water partition coefficient (Wildman–Crippen LogP) is 2.82. The van der Waals surface area contributed by atoms with Crippen molar-refractivity contribution in [2.75, 3.05) is 6.61 Å². The summed E-state index contributed by atoms with van der Waals surface area (Å²) in [7, 11) is 0. The quantitative estimate of drug-likeness (QED) is 0.442. The molecule has 0 aromatic carbocycles. The van der Waals surface area contributed by atoms with Gasteiger partial charge in [-0.15, -0.1) is 0 Å². The first kappa shape index (κ1) is 13.3. The standard InChI is InChI=1S/C12H22O2/c13-11-9-7-5-3-1-2-4-6-8-10-12-14/h13-14H,1-9,11H2. The van der Waals surface area contributed by atoms with Gasteiger partial charge in [0.25, 0.3) is 0 Å².